The van der Waals surface area contributed by atoms with Crippen molar-refractivity contribution in [2.75, 3.05) is 30.4 Å². The van der Waals surface area contributed by atoms with Crippen molar-refractivity contribution in [2.45, 2.75) is 25.9 Å². The van der Waals surface area contributed by atoms with E-state index in [1.165, 1.54) is 7.11 Å². The van der Waals surface area contributed by atoms with Gasteiger partial charge in [0.25, 0.3) is 5.91 Å². The fourth-order valence-electron chi connectivity index (χ4n) is 4.45. The van der Waals surface area contributed by atoms with Crippen molar-refractivity contribution in [2.24, 2.45) is 0 Å². The van der Waals surface area contributed by atoms with Gasteiger partial charge in [0.05, 0.1) is 29.4 Å². The lowest BCUT2D eigenvalue weighted by Gasteiger charge is -2.38. The normalized spacial score (nSPS) is 18.5. The van der Waals surface area contributed by atoms with E-state index in [0.29, 0.717) is 39.9 Å². The van der Waals surface area contributed by atoms with Crippen LogP contribution in [0.1, 0.15) is 24.2 Å². The number of piperazine rings is 1. The zero-order valence-corrected chi connectivity index (χ0v) is 18.7. The summed E-state index contributed by atoms with van der Waals surface area (Å²) in [5.74, 6) is -0.285. The largest absolute Gasteiger partial charge is 0.467 e. The summed E-state index contributed by atoms with van der Waals surface area (Å²) >= 11 is 0. The Hall–Kier alpha value is -3.85. The number of para-hydroxylation sites is 1. The molecule has 0 unspecified atom stereocenters. The van der Waals surface area contributed by atoms with Crippen LogP contribution in [0.15, 0.2) is 48.9 Å². The van der Waals surface area contributed by atoms with Crippen LogP contribution in [-0.2, 0) is 0 Å². The first-order valence-electron chi connectivity index (χ1n) is 10.9. The van der Waals surface area contributed by atoms with Crippen LogP contribution >= 0.6 is 0 Å². The van der Waals surface area contributed by atoms with Crippen molar-refractivity contribution in [3.05, 3.63) is 54.5 Å². The molecule has 1 saturated heterocycles. The summed E-state index contributed by atoms with van der Waals surface area (Å²) in [7, 11) is 1.51. The molecular weight excluding hydrogens is 418 g/mol. The van der Waals surface area contributed by atoms with E-state index in [4.69, 9.17) is 4.74 Å². The first-order chi connectivity index (χ1) is 16.0. The van der Waals surface area contributed by atoms with E-state index < -0.39 is 0 Å². The molecule has 168 valence electrons. The molecule has 2 N–H and O–H groups in total. The number of carbonyl (C=O) groups excluding carboxylic acids is 1. The number of anilines is 2. The number of nitrogens with zero attached hydrogens (tertiary/aromatic N) is 5. The van der Waals surface area contributed by atoms with Crippen LogP contribution in [0, 0.1) is 0 Å². The summed E-state index contributed by atoms with van der Waals surface area (Å²) in [6.45, 7) is 6.04. The molecule has 5 rings (SSSR count). The summed E-state index contributed by atoms with van der Waals surface area (Å²) in [5, 5.41) is 7.33. The van der Waals surface area contributed by atoms with Gasteiger partial charge in [-0.2, -0.15) is 4.98 Å². The zero-order valence-electron chi connectivity index (χ0n) is 18.7. The molecule has 9 heteroatoms. The molecule has 2 atom stereocenters. The highest BCUT2D eigenvalue weighted by molar-refractivity contribution is 6.15. The molecule has 0 saturated carbocycles. The number of benzene rings is 2. The quantitative estimate of drug-likeness (QED) is 0.496. The molecule has 2 aromatic carbocycles. The number of hydrogen-bond donors (Lipinski definition) is 2. The van der Waals surface area contributed by atoms with E-state index in [1.54, 1.807) is 18.6 Å². The molecule has 1 amide bonds. The lowest BCUT2D eigenvalue weighted by Crippen LogP contribution is -2.54. The predicted molar refractivity (Wildman–Crippen MR) is 128 cm³/mol. The third kappa shape index (κ3) is 4.03. The van der Waals surface area contributed by atoms with Crippen LogP contribution in [-0.4, -0.2) is 58.1 Å². The van der Waals surface area contributed by atoms with Gasteiger partial charge < -0.3 is 20.3 Å². The molecule has 0 bridgehead atoms. The van der Waals surface area contributed by atoms with Crippen molar-refractivity contribution >= 4 is 39.2 Å². The number of rotatable bonds is 4. The second kappa shape index (κ2) is 8.59. The first-order valence-corrected chi connectivity index (χ1v) is 10.9. The smallest absolute Gasteiger partial charge is 0.316 e. The van der Waals surface area contributed by atoms with Gasteiger partial charge in [-0.25, -0.2) is 4.98 Å². The lowest BCUT2D eigenvalue weighted by molar-refractivity contribution is 0.102. The van der Waals surface area contributed by atoms with Gasteiger partial charge in [-0.05, 0) is 38.1 Å². The van der Waals surface area contributed by atoms with E-state index in [-0.39, 0.29) is 11.9 Å². The van der Waals surface area contributed by atoms with Crippen LogP contribution in [0.4, 0.5) is 11.4 Å². The van der Waals surface area contributed by atoms with Crippen LogP contribution in [0.5, 0.6) is 6.01 Å². The molecule has 0 radical (unpaired) electrons. The van der Waals surface area contributed by atoms with E-state index in [2.05, 4.69) is 49.3 Å². The summed E-state index contributed by atoms with van der Waals surface area (Å²) in [6, 6.07) is 10.2. The SMILES string of the molecule is COc1ncc2c(N3C[C@H](C)N[C@@H](C)C3)ccc(C(=O)Nc3cccc4nccnc34)c2n1. The monoisotopic (exact) mass is 443 g/mol. The van der Waals surface area contributed by atoms with Gasteiger partial charge in [-0.1, -0.05) is 6.07 Å². The molecule has 4 aromatic rings. The van der Waals surface area contributed by atoms with E-state index in [9.17, 15) is 4.79 Å². The first kappa shape index (κ1) is 21.0. The average molecular weight is 444 g/mol. The maximum Gasteiger partial charge on any atom is 0.316 e. The number of carbonyl (C=O) groups is 1. The molecular formula is C24H25N7O2. The van der Waals surface area contributed by atoms with Crippen molar-refractivity contribution in [1.29, 1.82) is 0 Å². The van der Waals surface area contributed by atoms with Crippen molar-refractivity contribution in [3.63, 3.8) is 0 Å². The van der Waals surface area contributed by atoms with Crippen LogP contribution < -0.4 is 20.3 Å². The minimum absolute atomic E-state index is 0.215. The Labute approximate surface area is 191 Å². The molecule has 33 heavy (non-hydrogen) atoms. The molecule has 1 fully saturated rings. The molecule has 1 aliphatic rings. The fraction of sp³-hybridized carbons (Fsp3) is 0.292. The Balaban J connectivity index is 1.57. The number of fused-ring (bicyclic) bond motifs is 2. The van der Waals surface area contributed by atoms with Gasteiger partial charge in [0.15, 0.2) is 0 Å². The average Bonchev–Trinajstić information content (AvgIpc) is 2.82. The highest BCUT2D eigenvalue weighted by Gasteiger charge is 2.24. The fourth-order valence-corrected chi connectivity index (χ4v) is 4.45. The van der Waals surface area contributed by atoms with E-state index >= 15 is 0 Å². The second-order valence-corrected chi connectivity index (χ2v) is 8.31. The Morgan fingerprint density at radius 3 is 2.64 bits per heavy atom. The maximum atomic E-state index is 13.4. The van der Waals surface area contributed by atoms with Gasteiger partial charge in [-0.3, -0.25) is 14.8 Å². The van der Waals surface area contributed by atoms with Gasteiger partial charge in [0, 0.05) is 54.8 Å². The zero-order chi connectivity index (χ0) is 22.9. The maximum absolute atomic E-state index is 13.4. The van der Waals surface area contributed by atoms with E-state index in [0.717, 1.165) is 24.2 Å². The number of nitrogens with one attached hydrogen (secondary N) is 2. The molecule has 9 nitrogen and oxygen atoms in total. The molecule has 3 heterocycles. The van der Waals surface area contributed by atoms with Crippen LogP contribution in [0.25, 0.3) is 21.9 Å². The topological polar surface area (TPSA) is 105 Å². The van der Waals surface area contributed by atoms with Crippen molar-refractivity contribution in [1.82, 2.24) is 25.3 Å². The van der Waals surface area contributed by atoms with E-state index in [1.807, 2.05) is 30.3 Å². The van der Waals surface area contributed by atoms with Gasteiger partial charge in [-0.15, -0.1) is 0 Å². The third-order valence-electron chi connectivity index (χ3n) is 5.78. The molecule has 2 aromatic heterocycles. The Kier molecular flexibility index (Phi) is 5.47. The number of aromatic nitrogens is 4. The number of methoxy groups -OCH3 is 1. The summed E-state index contributed by atoms with van der Waals surface area (Å²) in [5.41, 5.74) is 3.91. The van der Waals surface area contributed by atoms with Gasteiger partial charge in [0.1, 0.15) is 5.52 Å². The molecule has 1 aliphatic heterocycles. The predicted octanol–water partition coefficient (Wildman–Crippen LogP) is 3.02. The van der Waals surface area contributed by atoms with Crippen molar-refractivity contribution in [3.8, 4) is 6.01 Å². The van der Waals surface area contributed by atoms with Gasteiger partial charge >= 0.3 is 6.01 Å². The highest BCUT2D eigenvalue weighted by Crippen LogP contribution is 2.31. The minimum atomic E-state index is -0.285. The highest BCUT2D eigenvalue weighted by atomic mass is 16.5. The second-order valence-electron chi connectivity index (χ2n) is 8.31. The molecule has 0 aliphatic carbocycles. The number of amides is 1. The van der Waals surface area contributed by atoms with Crippen molar-refractivity contribution < 1.29 is 9.53 Å². The van der Waals surface area contributed by atoms with Crippen LogP contribution in [0.2, 0.25) is 0 Å². The van der Waals surface area contributed by atoms with Gasteiger partial charge in [0.2, 0.25) is 0 Å². The Morgan fingerprint density at radius 2 is 1.85 bits per heavy atom. The summed E-state index contributed by atoms with van der Waals surface area (Å²) in [4.78, 5) is 33.2. The Morgan fingerprint density at radius 1 is 1.06 bits per heavy atom. The third-order valence-corrected chi connectivity index (χ3v) is 5.78. The number of ether oxygens (including phenoxy) is 1. The molecule has 0 spiro atoms. The minimum Gasteiger partial charge on any atom is -0.467 e. The Bertz CT molecular complexity index is 1330. The number of hydrogen-bond acceptors (Lipinski definition) is 8. The lowest BCUT2D eigenvalue weighted by atomic mass is 10.0. The summed E-state index contributed by atoms with van der Waals surface area (Å²) < 4.78 is 5.26. The summed E-state index contributed by atoms with van der Waals surface area (Å²) in [6.07, 6.45) is 4.96. The standard InChI is InChI=1S/C24H25N7O2/c1-14-12-31(13-15(2)28-14)20-8-7-16(21-17(20)11-27-24(30-21)33-3)23(32)29-19-6-4-5-18-22(19)26-10-9-25-18/h4-11,14-15,28H,12-13H2,1-3H3,(H,29,32)/t14-,15-/m0/s1. The van der Waals surface area contributed by atoms with Crippen LogP contribution in [0.3, 0.4) is 0 Å².